The number of hydrogen-bond acceptors (Lipinski definition) is 3. The molecular formula is C14H16ClNO4. The zero-order chi connectivity index (χ0) is 14.7. The number of carbonyl (C=O) groups excluding carboxylic acids is 1. The van der Waals surface area contributed by atoms with E-state index in [4.69, 9.17) is 21.4 Å². The van der Waals surface area contributed by atoms with E-state index in [9.17, 15) is 9.59 Å². The normalized spacial score (nSPS) is 21.8. The lowest BCUT2D eigenvalue weighted by Gasteiger charge is -2.16. The topological polar surface area (TPSA) is 66.8 Å². The van der Waals surface area contributed by atoms with Gasteiger partial charge in [-0.05, 0) is 30.2 Å². The van der Waals surface area contributed by atoms with Crippen molar-refractivity contribution in [2.24, 2.45) is 11.8 Å². The fourth-order valence-electron chi connectivity index (χ4n) is 2.26. The van der Waals surface area contributed by atoms with Gasteiger partial charge in [0, 0.05) is 18.1 Å². The maximum Gasteiger partial charge on any atom is 0.308 e. The molecule has 108 valence electrons. The largest absolute Gasteiger partial charge is 0.484 e. The Morgan fingerprint density at radius 1 is 1.35 bits per heavy atom. The number of aliphatic carboxylic acids is 1. The second kappa shape index (κ2) is 6.13. The monoisotopic (exact) mass is 297 g/mol. The van der Waals surface area contributed by atoms with Crippen LogP contribution in [0.4, 0.5) is 0 Å². The van der Waals surface area contributed by atoms with E-state index in [2.05, 4.69) is 0 Å². The number of halogens is 1. The SMILES string of the molecule is CC1CN(C(=O)COc2ccc(Cl)cc2)CC1C(=O)O. The quantitative estimate of drug-likeness (QED) is 0.922. The molecular weight excluding hydrogens is 282 g/mol. The number of amides is 1. The van der Waals surface area contributed by atoms with Gasteiger partial charge in [0.1, 0.15) is 5.75 Å². The maximum absolute atomic E-state index is 12.0. The lowest BCUT2D eigenvalue weighted by atomic mass is 9.99. The van der Waals surface area contributed by atoms with Crippen LogP contribution in [-0.2, 0) is 9.59 Å². The molecule has 20 heavy (non-hydrogen) atoms. The van der Waals surface area contributed by atoms with Gasteiger partial charge in [0.05, 0.1) is 5.92 Å². The lowest BCUT2D eigenvalue weighted by Crippen LogP contribution is -2.33. The van der Waals surface area contributed by atoms with Gasteiger partial charge in [-0.1, -0.05) is 18.5 Å². The summed E-state index contributed by atoms with van der Waals surface area (Å²) < 4.78 is 5.37. The van der Waals surface area contributed by atoms with Crippen molar-refractivity contribution in [2.45, 2.75) is 6.92 Å². The molecule has 0 aromatic heterocycles. The molecule has 1 fully saturated rings. The molecule has 1 aliphatic heterocycles. The number of rotatable bonds is 4. The first kappa shape index (κ1) is 14.7. The number of carboxylic acid groups (broad SMARTS) is 1. The summed E-state index contributed by atoms with van der Waals surface area (Å²) >= 11 is 5.75. The van der Waals surface area contributed by atoms with Crippen molar-refractivity contribution in [3.63, 3.8) is 0 Å². The molecule has 2 rings (SSSR count). The van der Waals surface area contributed by atoms with E-state index in [1.807, 2.05) is 6.92 Å². The molecule has 1 saturated heterocycles. The predicted molar refractivity (Wildman–Crippen MR) is 73.8 cm³/mol. The Labute approximate surface area is 122 Å². The van der Waals surface area contributed by atoms with Gasteiger partial charge >= 0.3 is 5.97 Å². The fourth-order valence-corrected chi connectivity index (χ4v) is 2.39. The molecule has 5 nitrogen and oxygen atoms in total. The highest BCUT2D eigenvalue weighted by Gasteiger charge is 2.36. The summed E-state index contributed by atoms with van der Waals surface area (Å²) in [7, 11) is 0. The molecule has 1 aliphatic rings. The van der Waals surface area contributed by atoms with Crippen LogP contribution in [0.5, 0.6) is 5.75 Å². The van der Waals surface area contributed by atoms with Crippen LogP contribution < -0.4 is 4.74 Å². The molecule has 1 aromatic carbocycles. The van der Waals surface area contributed by atoms with E-state index < -0.39 is 11.9 Å². The Kier molecular flexibility index (Phi) is 4.49. The van der Waals surface area contributed by atoms with Crippen molar-refractivity contribution >= 4 is 23.5 Å². The average molecular weight is 298 g/mol. The first-order chi connectivity index (χ1) is 9.47. The number of nitrogens with zero attached hydrogens (tertiary/aromatic N) is 1. The minimum absolute atomic E-state index is 0.0352. The summed E-state index contributed by atoms with van der Waals surface area (Å²) in [5, 5.41) is 9.63. The van der Waals surface area contributed by atoms with Gasteiger partial charge in [0.25, 0.3) is 5.91 Å². The van der Waals surface area contributed by atoms with Crippen molar-refractivity contribution in [3.05, 3.63) is 29.3 Å². The van der Waals surface area contributed by atoms with Crippen LogP contribution in [0.1, 0.15) is 6.92 Å². The van der Waals surface area contributed by atoms with Crippen molar-refractivity contribution in [2.75, 3.05) is 19.7 Å². The third-order valence-electron chi connectivity index (χ3n) is 3.46. The molecule has 0 aliphatic carbocycles. The maximum atomic E-state index is 12.0. The lowest BCUT2D eigenvalue weighted by molar-refractivity contribution is -0.142. The molecule has 0 saturated carbocycles. The molecule has 0 bridgehead atoms. The summed E-state index contributed by atoms with van der Waals surface area (Å²) in [4.78, 5) is 24.5. The van der Waals surface area contributed by atoms with Gasteiger partial charge < -0.3 is 14.7 Å². The number of hydrogen-bond donors (Lipinski definition) is 1. The molecule has 2 unspecified atom stereocenters. The summed E-state index contributed by atoms with van der Waals surface area (Å²) in [6.07, 6.45) is 0. The van der Waals surface area contributed by atoms with Crippen molar-refractivity contribution < 1.29 is 19.4 Å². The standard InChI is InChI=1S/C14H16ClNO4/c1-9-6-16(7-12(9)14(18)19)13(17)8-20-11-4-2-10(15)3-5-11/h2-5,9,12H,6-8H2,1H3,(H,18,19). The van der Waals surface area contributed by atoms with E-state index in [0.29, 0.717) is 17.3 Å². The summed E-state index contributed by atoms with van der Waals surface area (Å²) in [5.74, 6) is -1.02. The van der Waals surface area contributed by atoms with Gasteiger partial charge in [-0.2, -0.15) is 0 Å². The zero-order valence-corrected chi connectivity index (χ0v) is 11.8. The molecule has 1 N–H and O–H groups in total. The van der Waals surface area contributed by atoms with Crippen LogP contribution in [0.25, 0.3) is 0 Å². The number of carbonyl (C=O) groups is 2. The van der Waals surface area contributed by atoms with E-state index >= 15 is 0 Å². The molecule has 1 aromatic rings. The van der Waals surface area contributed by atoms with Gasteiger partial charge in [-0.3, -0.25) is 9.59 Å². The Balaban J connectivity index is 1.87. The van der Waals surface area contributed by atoms with Gasteiger partial charge in [0.15, 0.2) is 6.61 Å². The zero-order valence-electron chi connectivity index (χ0n) is 11.1. The van der Waals surface area contributed by atoms with Crippen molar-refractivity contribution in [3.8, 4) is 5.75 Å². The predicted octanol–water partition coefficient (Wildman–Crippen LogP) is 1.90. The smallest absolute Gasteiger partial charge is 0.308 e. The van der Waals surface area contributed by atoms with E-state index in [1.165, 1.54) is 0 Å². The molecule has 1 amide bonds. The minimum Gasteiger partial charge on any atom is -0.484 e. The van der Waals surface area contributed by atoms with Crippen molar-refractivity contribution in [1.82, 2.24) is 4.90 Å². The number of benzene rings is 1. The van der Waals surface area contributed by atoms with Crippen molar-refractivity contribution in [1.29, 1.82) is 0 Å². The van der Waals surface area contributed by atoms with Gasteiger partial charge in [-0.15, -0.1) is 0 Å². The van der Waals surface area contributed by atoms with Gasteiger partial charge in [-0.25, -0.2) is 0 Å². The molecule has 6 heteroatoms. The first-order valence-corrected chi connectivity index (χ1v) is 6.74. The van der Waals surface area contributed by atoms with Crippen LogP contribution >= 0.6 is 11.6 Å². The van der Waals surface area contributed by atoms with E-state index in [0.717, 1.165) is 0 Å². The third-order valence-corrected chi connectivity index (χ3v) is 3.71. The molecule has 0 spiro atoms. The highest BCUT2D eigenvalue weighted by Crippen LogP contribution is 2.23. The van der Waals surface area contributed by atoms with E-state index in [1.54, 1.807) is 29.2 Å². The number of likely N-dealkylation sites (tertiary alicyclic amines) is 1. The number of carboxylic acids is 1. The third kappa shape index (κ3) is 3.42. The Bertz CT molecular complexity index is 502. The molecule has 1 heterocycles. The van der Waals surface area contributed by atoms with Crippen LogP contribution in [0, 0.1) is 11.8 Å². The number of ether oxygens (including phenoxy) is 1. The summed E-state index contributed by atoms with van der Waals surface area (Å²) in [6.45, 7) is 2.45. The first-order valence-electron chi connectivity index (χ1n) is 6.36. The van der Waals surface area contributed by atoms with Gasteiger partial charge in [0.2, 0.25) is 0 Å². The van der Waals surface area contributed by atoms with Crippen LogP contribution in [0.15, 0.2) is 24.3 Å². The minimum atomic E-state index is -0.855. The van der Waals surface area contributed by atoms with Crippen LogP contribution in [0.2, 0.25) is 5.02 Å². The molecule has 2 atom stereocenters. The second-order valence-electron chi connectivity index (χ2n) is 4.96. The highest BCUT2D eigenvalue weighted by molar-refractivity contribution is 6.30. The fraction of sp³-hybridized carbons (Fsp3) is 0.429. The van der Waals surface area contributed by atoms with E-state index in [-0.39, 0.29) is 25.0 Å². The molecule has 0 radical (unpaired) electrons. The Hall–Kier alpha value is -1.75. The summed E-state index contributed by atoms with van der Waals surface area (Å²) in [5.41, 5.74) is 0. The van der Waals surface area contributed by atoms with Crippen LogP contribution in [-0.4, -0.2) is 41.6 Å². The Morgan fingerprint density at radius 2 is 2.00 bits per heavy atom. The average Bonchev–Trinajstić information content (AvgIpc) is 2.80. The Morgan fingerprint density at radius 3 is 2.55 bits per heavy atom. The summed E-state index contributed by atoms with van der Waals surface area (Å²) in [6, 6.07) is 6.73. The van der Waals surface area contributed by atoms with Crippen LogP contribution in [0.3, 0.4) is 0 Å². The highest BCUT2D eigenvalue weighted by atomic mass is 35.5. The second-order valence-corrected chi connectivity index (χ2v) is 5.40.